The lowest BCUT2D eigenvalue weighted by Gasteiger charge is -2.05. The second-order valence-corrected chi connectivity index (χ2v) is 6.39. The predicted octanol–water partition coefficient (Wildman–Crippen LogP) is 2.71. The van der Waals surface area contributed by atoms with Crippen molar-refractivity contribution in [2.24, 2.45) is 0 Å². The molecule has 0 fully saturated rings. The number of benzene rings is 1. The zero-order valence-electron chi connectivity index (χ0n) is 12.7. The summed E-state index contributed by atoms with van der Waals surface area (Å²) in [5.74, 6) is 0.314. The van der Waals surface area contributed by atoms with E-state index in [0.717, 1.165) is 21.8 Å². The van der Waals surface area contributed by atoms with Crippen molar-refractivity contribution >= 4 is 11.3 Å². The van der Waals surface area contributed by atoms with Gasteiger partial charge >= 0.3 is 0 Å². The molecule has 0 aliphatic carbocycles. The van der Waals surface area contributed by atoms with E-state index in [1.165, 1.54) is 11.3 Å². The quantitative estimate of drug-likeness (QED) is 0.801. The van der Waals surface area contributed by atoms with Gasteiger partial charge in [0.2, 0.25) is 5.13 Å². The highest BCUT2D eigenvalue weighted by atomic mass is 32.1. The zero-order valence-corrected chi connectivity index (χ0v) is 13.5. The maximum atomic E-state index is 9.55. The Morgan fingerprint density at radius 2 is 2.05 bits per heavy atom. The summed E-state index contributed by atoms with van der Waals surface area (Å²) in [6, 6.07) is 8.02. The van der Waals surface area contributed by atoms with Crippen LogP contribution in [0.5, 0.6) is 0 Å². The third-order valence-electron chi connectivity index (χ3n) is 3.29. The lowest BCUT2D eigenvalue weighted by molar-refractivity contribution is 0.277. The Morgan fingerprint density at radius 3 is 2.68 bits per heavy atom. The second kappa shape index (κ2) is 5.94. The van der Waals surface area contributed by atoms with Crippen molar-refractivity contribution in [3.63, 3.8) is 0 Å². The number of hydrogen-bond donors (Lipinski definition) is 1. The third-order valence-corrected chi connectivity index (χ3v) is 4.49. The summed E-state index contributed by atoms with van der Waals surface area (Å²) in [6.07, 6.45) is 0. The molecule has 114 valence electrons. The van der Waals surface area contributed by atoms with Crippen molar-refractivity contribution in [2.75, 3.05) is 0 Å². The fourth-order valence-electron chi connectivity index (χ4n) is 2.18. The van der Waals surface area contributed by atoms with Crippen LogP contribution in [0, 0.1) is 6.92 Å². The highest BCUT2D eigenvalue weighted by molar-refractivity contribution is 7.13. The molecule has 0 atom stereocenters. The first-order valence-electron chi connectivity index (χ1n) is 7.06. The van der Waals surface area contributed by atoms with Crippen molar-refractivity contribution in [1.29, 1.82) is 0 Å². The first-order valence-corrected chi connectivity index (χ1v) is 7.88. The second-order valence-electron chi connectivity index (χ2n) is 5.40. The Hall–Kier alpha value is -2.12. The number of nitrogens with zero attached hydrogens (tertiary/aromatic N) is 5. The maximum Gasteiger partial charge on any atom is 0.234 e. The number of aliphatic hydroxyl groups is 1. The SMILES string of the molecule is Cc1cccc(-c2c(CO)nnn2-c2nnc(C(C)C)s2)c1. The van der Waals surface area contributed by atoms with E-state index in [1.807, 2.05) is 31.2 Å². The predicted molar refractivity (Wildman–Crippen MR) is 85.0 cm³/mol. The molecular formula is C15H17N5OS. The highest BCUT2D eigenvalue weighted by Gasteiger charge is 2.19. The average Bonchev–Trinajstić information content (AvgIpc) is 3.13. The molecule has 0 aliphatic heterocycles. The molecule has 3 rings (SSSR count). The summed E-state index contributed by atoms with van der Waals surface area (Å²) in [5.41, 5.74) is 3.38. The molecule has 0 bridgehead atoms. The lowest BCUT2D eigenvalue weighted by Crippen LogP contribution is -2.00. The number of rotatable bonds is 4. The molecule has 7 heteroatoms. The molecule has 0 amide bonds. The third kappa shape index (κ3) is 2.65. The van der Waals surface area contributed by atoms with E-state index in [2.05, 4.69) is 34.4 Å². The summed E-state index contributed by atoms with van der Waals surface area (Å²) in [7, 11) is 0. The molecule has 22 heavy (non-hydrogen) atoms. The van der Waals surface area contributed by atoms with Gasteiger partial charge < -0.3 is 5.11 Å². The van der Waals surface area contributed by atoms with Gasteiger partial charge in [0.15, 0.2) is 0 Å². The minimum Gasteiger partial charge on any atom is -0.390 e. The van der Waals surface area contributed by atoms with Crippen molar-refractivity contribution in [3.8, 4) is 16.4 Å². The molecule has 0 saturated heterocycles. The van der Waals surface area contributed by atoms with Crippen LogP contribution in [0.2, 0.25) is 0 Å². The van der Waals surface area contributed by atoms with Crippen molar-refractivity contribution in [1.82, 2.24) is 25.2 Å². The van der Waals surface area contributed by atoms with Gasteiger partial charge in [0.1, 0.15) is 16.4 Å². The maximum absolute atomic E-state index is 9.55. The van der Waals surface area contributed by atoms with Gasteiger partial charge in [-0.05, 0) is 13.0 Å². The van der Waals surface area contributed by atoms with Crippen LogP contribution in [-0.4, -0.2) is 30.3 Å². The number of hydrogen-bond acceptors (Lipinski definition) is 6. The first-order chi connectivity index (χ1) is 10.6. The molecule has 2 aromatic heterocycles. The van der Waals surface area contributed by atoms with Gasteiger partial charge in [-0.25, -0.2) is 0 Å². The Labute approximate surface area is 132 Å². The Morgan fingerprint density at radius 1 is 1.23 bits per heavy atom. The Balaban J connectivity index is 2.14. The molecule has 3 aromatic rings. The van der Waals surface area contributed by atoms with E-state index in [1.54, 1.807) is 4.68 Å². The summed E-state index contributed by atoms with van der Waals surface area (Å²) >= 11 is 1.49. The van der Waals surface area contributed by atoms with Gasteiger partial charge in [-0.2, -0.15) is 4.68 Å². The monoisotopic (exact) mass is 315 g/mol. The standard InChI is InChI=1S/C15H17N5OS/c1-9(2)14-17-18-15(22-14)20-13(12(8-21)16-19-20)11-6-4-5-10(3)7-11/h4-7,9,21H,8H2,1-3H3. The molecule has 6 nitrogen and oxygen atoms in total. The molecule has 0 spiro atoms. The fraction of sp³-hybridized carbons (Fsp3) is 0.333. The van der Waals surface area contributed by atoms with E-state index < -0.39 is 0 Å². The zero-order chi connectivity index (χ0) is 15.7. The minimum atomic E-state index is -0.168. The molecule has 0 unspecified atom stereocenters. The van der Waals surface area contributed by atoms with Gasteiger partial charge in [-0.3, -0.25) is 0 Å². The number of aliphatic hydroxyl groups excluding tert-OH is 1. The van der Waals surface area contributed by atoms with Gasteiger partial charge in [-0.15, -0.1) is 15.3 Å². The van der Waals surface area contributed by atoms with Crippen LogP contribution in [0.15, 0.2) is 24.3 Å². The van der Waals surface area contributed by atoms with Crippen molar-refractivity contribution in [2.45, 2.75) is 33.3 Å². The van der Waals surface area contributed by atoms with Crippen molar-refractivity contribution < 1.29 is 5.11 Å². The lowest BCUT2D eigenvalue weighted by atomic mass is 10.1. The van der Waals surface area contributed by atoms with Crippen molar-refractivity contribution in [3.05, 3.63) is 40.5 Å². The molecule has 0 aliphatic rings. The molecular weight excluding hydrogens is 298 g/mol. The van der Waals surface area contributed by atoms with Crippen LogP contribution in [0.3, 0.4) is 0 Å². The Kier molecular flexibility index (Phi) is 4.00. The average molecular weight is 315 g/mol. The van der Waals surface area contributed by atoms with E-state index >= 15 is 0 Å². The molecule has 1 N–H and O–H groups in total. The van der Waals surface area contributed by atoms with E-state index in [4.69, 9.17) is 0 Å². The molecule has 1 aromatic carbocycles. The van der Waals surface area contributed by atoms with Crippen LogP contribution >= 0.6 is 11.3 Å². The number of aromatic nitrogens is 5. The minimum absolute atomic E-state index is 0.168. The molecule has 0 saturated carbocycles. The van der Waals surface area contributed by atoms with Gasteiger partial charge in [0.05, 0.1) is 6.61 Å². The van der Waals surface area contributed by atoms with Crippen LogP contribution in [0.4, 0.5) is 0 Å². The van der Waals surface area contributed by atoms with E-state index in [-0.39, 0.29) is 6.61 Å². The van der Waals surface area contributed by atoms with Gasteiger partial charge in [0.25, 0.3) is 0 Å². The van der Waals surface area contributed by atoms with Gasteiger partial charge in [-0.1, -0.05) is 54.2 Å². The Bertz CT molecular complexity index is 793. The summed E-state index contributed by atoms with van der Waals surface area (Å²) in [6.45, 7) is 6.01. The summed E-state index contributed by atoms with van der Waals surface area (Å²) in [5, 5.41) is 27.8. The molecule has 2 heterocycles. The number of aryl methyl sites for hydroxylation is 1. The normalized spacial score (nSPS) is 11.3. The van der Waals surface area contributed by atoms with Gasteiger partial charge in [0, 0.05) is 11.5 Å². The highest BCUT2D eigenvalue weighted by Crippen LogP contribution is 2.28. The van der Waals surface area contributed by atoms with Crippen LogP contribution in [0.1, 0.15) is 36.0 Å². The van der Waals surface area contributed by atoms with E-state index in [9.17, 15) is 5.11 Å². The largest absolute Gasteiger partial charge is 0.390 e. The topological polar surface area (TPSA) is 76.7 Å². The fourth-order valence-corrected chi connectivity index (χ4v) is 2.98. The van der Waals surface area contributed by atoms with E-state index in [0.29, 0.717) is 16.7 Å². The smallest absolute Gasteiger partial charge is 0.234 e. The van der Waals surface area contributed by atoms with Crippen LogP contribution in [-0.2, 0) is 6.61 Å². The van der Waals surface area contributed by atoms with Crippen LogP contribution in [0.25, 0.3) is 16.4 Å². The van der Waals surface area contributed by atoms with Crippen LogP contribution < -0.4 is 0 Å². The summed E-state index contributed by atoms with van der Waals surface area (Å²) < 4.78 is 1.66. The summed E-state index contributed by atoms with van der Waals surface area (Å²) in [4.78, 5) is 0. The molecule has 0 radical (unpaired) electrons. The first kappa shape index (κ1) is 14.8.